The standard InChI is InChI=1S/C15H12Cl2F2O2/c1-20-13-7-4-10(16)8-12(13)14(17)9-2-5-11(6-3-9)21-15(18)19/h2-8,14-15H,1H3. The molecule has 2 rings (SSSR count). The van der Waals surface area contributed by atoms with E-state index in [2.05, 4.69) is 4.74 Å². The van der Waals surface area contributed by atoms with Gasteiger partial charge in [0.25, 0.3) is 0 Å². The Balaban J connectivity index is 2.27. The Kier molecular flexibility index (Phi) is 5.26. The molecule has 0 spiro atoms. The number of ether oxygens (including phenoxy) is 2. The van der Waals surface area contributed by atoms with Crippen LogP contribution < -0.4 is 9.47 Å². The van der Waals surface area contributed by atoms with E-state index in [1.807, 2.05) is 0 Å². The fourth-order valence-electron chi connectivity index (χ4n) is 1.90. The topological polar surface area (TPSA) is 18.5 Å². The third-order valence-electron chi connectivity index (χ3n) is 2.86. The maximum atomic E-state index is 12.1. The van der Waals surface area contributed by atoms with E-state index in [1.54, 1.807) is 30.3 Å². The summed E-state index contributed by atoms with van der Waals surface area (Å²) < 4.78 is 33.8. The lowest BCUT2D eigenvalue weighted by molar-refractivity contribution is -0.0498. The summed E-state index contributed by atoms with van der Waals surface area (Å²) in [5.74, 6) is 0.683. The van der Waals surface area contributed by atoms with Crippen LogP contribution in [0.25, 0.3) is 0 Å². The number of alkyl halides is 3. The third-order valence-corrected chi connectivity index (χ3v) is 3.58. The van der Waals surface area contributed by atoms with Crippen LogP contribution in [0.3, 0.4) is 0 Å². The Bertz CT molecular complexity index is 603. The molecular weight excluding hydrogens is 321 g/mol. The summed E-state index contributed by atoms with van der Waals surface area (Å²) in [6, 6.07) is 11.3. The summed E-state index contributed by atoms with van der Waals surface area (Å²) in [5.41, 5.74) is 1.42. The Morgan fingerprint density at radius 1 is 1.05 bits per heavy atom. The summed E-state index contributed by atoms with van der Waals surface area (Å²) in [6.07, 6.45) is 0. The molecule has 0 saturated heterocycles. The Morgan fingerprint density at radius 2 is 1.71 bits per heavy atom. The van der Waals surface area contributed by atoms with Gasteiger partial charge in [0.05, 0.1) is 12.5 Å². The van der Waals surface area contributed by atoms with Gasteiger partial charge in [-0.3, -0.25) is 0 Å². The van der Waals surface area contributed by atoms with Gasteiger partial charge in [0.15, 0.2) is 0 Å². The molecular formula is C15H12Cl2F2O2. The molecule has 112 valence electrons. The third kappa shape index (κ3) is 3.99. The Labute approximate surface area is 131 Å². The highest BCUT2D eigenvalue weighted by atomic mass is 35.5. The van der Waals surface area contributed by atoms with Gasteiger partial charge in [-0.1, -0.05) is 23.7 Å². The molecule has 6 heteroatoms. The Morgan fingerprint density at radius 3 is 2.29 bits per heavy atom. The van der Waals surface area contributed by atoms with Crippen molar-refractivity contribution in [3.05, 3.63) is 58.6 Å². The van der Waals surface area contributed by atoms with Gasteiger partial charge in [0, 0.05) is 10.6 Å². The van der Waals surface area contributed by atoms with Crippen LogP contribution in [0.5, 0.6) is 11.5 Å². The van der Waals surface area contributed by atoms with Crippen molar-refractivity contribution in [2.45, 2.75) is 12.0 Å². The van der Waals surface area contributed by atoms with Crippen molar-refractivity contribution in [1.82, 2.24) is 0 Å². The fraction of sp³-hybridized carbons (Fsp3) is 0.200. The summed E-state index contributed by atoms with van der Waals surface area (Å²) in [4.78, 5) is 0. The molecule has 0 N–H and O–H groups in total. The van der Waals surface area contributed by atoms with Crippen LogP contribution in [0.4, 0.5) is 8.78 Å². The molecule has 0 aromatic heterocycles. The number of hydrogen-bond acceptors (Lipinski definition) is 2. The summed E-state index contributed by atoms with van der Waals surface area (Å²) >= 11 is 12.4. The molecule has 0 aliphatic rings. The first-order valence-corrected chi connectivity index (χ1v) is 6.85. The number of benzene rings is 2. The molecule has 0 saturated carbocycles. The molecule has 1 atom stereocenters. The monoisotopic (exact) mass is 332 g/mol. The van der Waals surface area contributed by atoms with Gasteiger partial charge in [-0.05, 0) is 35.9 Å². The highest BCUT2D eigenvalue weighted by molar-refractivity contribution is 6.31. The number of rotatable bonds is 5. The van der Waals surface area contributed by atoms with Gasteiger partial charge in [-0.2, -0.15) is 8.78 Å². The minimum Gasteiger partial charge on any atom is -0.496 e. The average molecular weight is 333 g/mol. The predicted molar refractivity (Wildman–Crippen MR) is 78.8 cm³/mol. The van der Waals surface area contributed by atoms with Crippen LogP contribution in [0.2, 0.25) is 5.02 Å². The van der Waals surface area contributed by atoms with Gasteiger partial charge in [-0.25, -0.2) is 0 Å². The molecule has 2 aromatic rings. The van der Waals surface area contributed by atoms with E-state index in [9.17, 15) is 8.78 Å². The van der Waals surface area contributed by atoms with Gasteiger partial charge in [-0.15, -0.1) is 11.6 Å². The molecule has 2 aromatic carbocycles. The second-order valence-corrected chi connectivity index (χ2v) is 5.07. The predicted octanol–water partition coefficient (Wildman–Crippen LogP) is 5.28. The van der Waals surface area contributed by atoms with Crippen molar-refractivity contribution in [1.29, 1.82) is 0 Å². The normalized spacial score (nSPS) is 12.3. The SMILES string of the molecule is COc1ccc(Cl)cc1C(Cl)c1ccc(OC(F)F)cc1. The highest BCUT2D eigenvalue weighted by Gasteiger charge is 2.16. The first kappa shape index (κ1) is 15.9. The van der Waals surface area contributed by atoms with Crippen LogP contribution in [0, 0.1) is 0 Å². The molecule has 0 heterocycles. The zero-order valence-electron chi connectivity index (χ0n) is 11.0. The lowest BCUT2D eigenvalue weighted by Gasteiger charge is -2.15. The molecule has 0 radical (unpaired) electrons. The molecule has 0 bridgehead atoms. The van der Waals surface area contributed by atoms with Crippen LogP contribution in [-0.4, -0.2) is 13.7 Å². The van der Waals surface area contributed by atoms with E-state index in [4.69, 9.17) is 27.9 Å². The Hall–Kier alpha value is -1.52. The van der Waals surface area contributed by atoms with E-state index in [1.165, 1.54) is 19.2 Å². The van der Waals surface area contributed by atoms with Gasteiger partial charge >= 0.3 is 6.61 Å². The van der Waals surface area contributed by atoms with Crippen LogP contribution in [0.15, 0.2) is 42.5 Å². The lowest BCUT2D eigenvalue weighted by Crippen LogP contribution is -2.02. The summed E-state index contributed by atoms with van der Waals surface area (Å²) in [6.45, 7) is -2.85. The smallest absolute Gasteiger partial charge is 0.387 e. The molecule has 2 nitrogen and oxygen atoms in total. The van der Waals surface area contributed by atoms with E-state index in [-0.39, 0.29) is 5.75 Å². The van der Waals surface area contributed by atoms with E-state index in [0.717, 1.165) is 5.56 Å². The van der Waals surface area contributed by atoms with Crippen LogP contribution in [-0.2, 0) is 0 Å². The maximum Gasteiger partial charge on any atom is 0.387 e. The first-order valence-electron chi connectivity index (χ1n) is 6.03. The highest BCUT2D eigenvalue weighted by Crippen LogP contribution is 2.37. The van der Waals surface area contributed by atoms with Crippen LogP contribution in [0.1, 0.15) is 16.5 Å². The second kappa shape index (κ2) is 6.96. The van der Waals surface area contributed by atoms with Crippen molar-refractivity contribution < 1.29 is 18.3 Å². The number of halogens is 4. The van der Waals surface area contributed by atoms with Crippen molar-refractivity contribution in [3.63, 3.8) is 0 Å². The fourth-order valence-corrected chi connectivity index (χ4v) is 2.40. The largest absolute Gasteiger partial charge is 0.496 e. The second-order valence-electron chi connectivity index (χ2n) is 4.20. The van der Waals surface area contributed by atoms with Crippen molar-refractivity contribution >= 4 is 23.2 Å². The molecule has 0 amide bonds. The molecule has 1 unspecified atom stereocenters. The zero-order valence-corrected chi connectivity index (χ0v) is 12.5. The lowest BCUT2D eigenvalue weighted by atomic mass is 10.0. The van der Waals surface area contributed by atoms with Gasteiger partial charge in [0.2, 0.25) is 0 Å². The van der Waals surface area contributed by atoms with E-state index >= 15 is 0 Å². The van der Waals surface area contributed by atoms with Crippen molar-refractivity contribution in [2.24, 2.45) is 0 Å². The molecule has 0 fully saturated rings. The molecule has 21 heavy (non-hydrogen) atoms. The number of hydrogen-bond donors (Lipinski definition) is 0. The zero-order chi connectivity index (χ0) is 15.4. The molecule has 0 aliphatic heterocycles. The summed E-state index contributed by atoms with van der Waals surface area (Å²) in [5, 5.41) is 0.0216. The first-order chi connectivity index (χ1) is 10.0. The van der Waals surface area contributed by atoms with Gasteiger partial charge in [0.1, 0.15) is 11.5 Å². The van der Waals surface area contributed by atoms with Gasteiger partial charge < -0.3 is 9.47 Å². The van der Waals surface area contributed by atoms with Crippen molar-refractivity contribution in [2.75, 3.05) is 7.11 Å². The van der Waals surface area contributed by atoms with E-state index in [0.29, 0.717) is 16.3 Å². The number of methoxy groups -OCH3 is 1. The van der Waals surface area contributed by atoms with Crippen LogP contribution >= 0.6 is 23.2 Å². The maximum absolute atomic E-state index is 12.1. The average Bonchev–Trinajstić information content (AvgIpc) is 2.46. The summed E-state index contributed by atoms with van der Waals surface area (Å²) in [7, 11) is 1.54. The quantitative estimate of drug-likeness (QED) is 0.693. The van der Waals surface area contributed by atoms with E-state index < -0.39 is 12.0 Å². The minimum atomic E-state index is -2.85. The molecule has 0 aliphatic carbocycles. The van der Waals surface area contributed by atoms with Crippen molar-refractivity contribution in [3.8, 4) is 11.5 Å². The minimum absolute atomic E-state index is 0.0793.